The van der Waals surface area contributed by atoms with Gasteiger partial charge in [-0.15, -0.1) is 0 Å². The number of nitrogens with zero attached hydrogens (tertiary/aromatic N) is 3. The molecule has 0 saturated carbocycles. The summed E-state index contributed by atoms with van der Waals surface area (Å²) in [5, 5.41) is 10.2. The fraction of sp³-hybridized carbons (Fsp3) is 0.0714. The second-order valence-corrected chi connectivity index (χ2v) is 6.53. The van der Waals surface area contributed by atoms with E-state index in [1.165, 1.54) is 0 Å². The molecule has 0 amide bonds. The molecule has 0 fully saturated rings. The second kappa shape index (κ2) is 4.38. The summed E-state index contributed by atoms with van der Waals surface area (Å²) in [4.78, 5) is 4.51. The van der Waals surface area contributed by atoms with Crippen LogP contribution in [-0.4, -0.2) is 29.3 Å². The van der Waals surface area contributed by atoms with Gasteiger partial charge < -0.3 is 5.32 Å². The molecule has 0 atom stereocenters. The fourth-order valence-corrected chi connectivity index (χ4v) is 3.75. The SMILES string of the molecule is CC1=NS(=O)(=O)c2ccc(Nc3n[nH]c4cccnc34)cc21. The Labute approximate surface area is 126 Å². The van der Waals surface area contributed by atoms with E-state index >= 15 is 0 Å². The van der Waals surface area contributed by atoms with Crippen molar-refractivity contribution < 1.29 is 8.42 Å². The Morgan fingerprint density at radius 1 is 1.23 bits per heavy atom. The summed E-state index contributed by atoms with van der Waals surface area (Å²) in [6.07, 6.45) is 1.69. The highest BCUT2D eigenvalue weighted by atomic mass is 32.2. The number of hydrogen-bond acceptors (Lipinski definition) is 5. The topological polar surface area (TPSA) is 100 Å². The Kier molecular flexibility index (Phi) is 2.58. The lowest BCUT2D eigenvalue weighted by Crippen LogP contribution is -1.98. The first-order valence-electron chi connectivity index (χ1n) is 6.57. The molecule has 1 aliphatic heterocycles. The van der Waals surface area contributed by atoms with Crippen molar-refractivity contribution in [2.24, 2.45) is 4.40 Å². The number of aromatic nitrogens is 3. The van der Waals surface area contributed by atoms with E-state index in [0.29, 0.717) is 17.1 Å². The highest BCUT2D eigenvalue weighted by Crippen LogP contribution is 2.30. The maximum Gasteiger partial charge on any atom is 0.283 e. The summed E-state index contributed by atoms with van der Waals surface area (Å²) in [5.74, 6) is 0.589. The molecule has 0 unspecified atom stereocenters. The van der Waals surface area contributed by atoms with Crippen molar-refractivity contribution in [2.75, 3.05) is 5.32 Å². The molecule has 1 aromatic carbocycles. The minimum absolute atomic E-state index is 0.237. The van der Waals surface area contributed by atoms with Crippen LogP contribution in [0.5, 0.6) is 0 Å². The molecule has 0 spiro atoms. The van der Waals surface area contributed by atoms with Crippen molar-refractivity contribution >= 4 is 38.3 Å². The van der Waals surface area contributed by atoms with E-state index in [-0.39, 0.29) is 4.90 Å². The van der Waals surface area contributed by atoms with Gasteiger partial charge in [-0.05, 0) is 37.3 Å². The van der Waals surface area contributed by atoms with Gasteiger partial charge in [0.15, 0.2) is 5.82 Å². The number of H-pyrrole nitrogens is 1. The molecule has 4 rings (SSSR count). The molecule has 3 aromatic rings. The number of rotatable bonds is 2. The molecule has 3 heterocycles. The van der Waals surface area contributed by atoms with Gasteiger partial charge in [-0.3, -0.25) is 10.1 Å². The smallest absolute Gasteiger partial charge is 0.283 e. The van der Waals surface area contributed by atoms with Crippen LogP contribution in [-0.2, 0) is 10.0 Å². The van der Waals surface area contributed by atoms with Crippen LogP contribution in [0.2, 0.25) is 0 Å². The zero-order chi connectivity index (χ0) is 15.3. The molecule has 7 nitrogen and oxygen atoms in total. The highest BCUT2D eigenvalue weighted by molar-refractivity contribution is 7.90. The number of fused-ring (bicyclic) bond motifs is 2. The summed E-state index contributed by atoms with van der Waals surface area (Å²) in [7, 11) is -3.54. The van der Waals surface area contributed by atoms with E-state index in [0.717, 1.165) is 16.7 Å². The molecule has 0 radical (unpaired) electrons. The van der Waals surface area contributed by atoms with E-state index in [4.69, 9.17) is 0 Å². The van der Waals surface area contributed by atoms with E-state index in [2.05, 4.69) is 24.9 Å². The van der Waals surface area contributed by atoms with Crippen LogP contribution in [0.15, 0.2) is 45.8 Å². The number of benzene rings is 1. The quantitative estimate of drug-likeness (QED) is 0.755. The second-order valence-electron chi connectivity index (χ2n) is 4.96. The summed E-state index contributed by atoms with van der Waals surface area (Å²) in [6, 6.07) is 8.70. The fourth-order valence-electron chi connectivity index (χ4n) is 2.47. The van der Waals surface area contributed by atoms with Gasteiger partial charge in [0.2, 0.25) is 0 Å². The van der Waals surface area contributed by atoms with Gasteiger partial charge in [0, 0.05) is 17.4 Å². The predicted molar refractivity (Wildman–Crippen MR) is 83.0 cm³/mol. The number of anilines is 2. The van der Waals surface area contributed by atoms with Gasteiger partial charge in [-0.1, -0.05) is 0 Å². The van der Waals surface area contributed by atoms with E-state index in [9.17, 15) is 8.42 Å². The molecule has 22 heavy (non-hydrogen) atoms. The molecule has 0 bridgehead atoms. The molecule has 110 valence electrons. The Hall–Kier alpha value is -2.74. The van der Waals surface area contributed by atoms with E-state index in [1.807, 2.05) is 12.1 Å². The van der Waals surface area contributed by atoms with Crippen LogP contribution in [0.4, 0.5) is 11.5 Å². The van der Waals surface area contributed by atoms with Crippen molar-refractivity contribution in [1.29, 1.82) is 0 Å². The third-order valence-corrected chi connectivity index (χ3v) is 4.91. The summed E-state index contributed by atoms with van der Waals surface area (Å²) in [6.45, 7) is 1.68. The molecule has 8 heteroatoms. The minimum atomic E-state index is -3.54. The zero-order valence-electron chi connectivity index (χ0n) is 11.5. The first kappa shape index (κ1) is 13.0. The highest BCUT2D eigenvalue weighted by Gasteiger charge is 2.26. The standard InChI is InChI=1S/C14H11N5O2S/c1-8-10-7-9(4-5-12(10)22(20,21)19-8)16-14-13-11(17-18-14)3-2-6-15-13/h2-7H,1H3,(H2,16,17,18). The van der Waals surface area contributed by atoms with Gasteiger partial charge in [-0.2, -0.15) is 17.9 Å². The third-order valence-electron chi connectivity index (χ3n) is 3.49. The Morgan fingerprint density at radius 2 is 2.09 bits per heavy atom. The summed E-state index contributed by atoms with van der Waals surface area (Å²) < 4.78 is 27.4. The molecule has 2 aromatic heterocycles. The Balaban J connectivity index is 1.77. The van der Waals surface area contributed by atoms with Gasteiger partial charge in [0.25, 0.3) is 10.0 Å². The lowest BCUT2D eigenvalue weighted by Gasteiger charge is -2.05. The van der Waals surface area contributed by atoms with Crippen LogP contribution in [0.3, 0.4) is 0 Å². The van der Waals surface area contributed by atoms with Crippen LogP contribution in [0.25, 0.3) is 11.0 Å². The third kappa shape index (κ3) is 1.88. The number of pyridine rings is 1. The van der Waals surface area contributed by atoms with Gasteiger partial charge >= 0.3 is 0 Å². The lowest BCUT2D eigenvalue weighted by molar-refractivity contribution is 0.599. The first-order valence-corrected chi connectivity index (χ1v) is 8.01. The zero-order valence-corrected chi connectivity index (χ0v) is 12.3. The molecule has 1 aliphatic rings. The van der Waals surface area contributed by atoms with Crippen molar-refractivity contribution in [1.82, 2.24) is 15.2 Å². The number of aromatic amines is 1. The van der Waals surface area contributed by atoms with Gasteiger partial charge in [-0.25, -0.2) is 0 Å². The summed E-state index contributed by atoms with van der Waals surface area (Å²) >= 11 is 0. The minimum Gasteiger partial charge on any atom is -0.337 e. The van der Waals surface area contributed by atoms with Crippen molar-refractivity contribution in [3.05, 3.63) is 42.1 Å². The van der Waals surface area contributed by atoms with E-state index < -0.39 is 10.0 Å². The maximum atomic E-state index is 11.8. The molecule has 0 saturated heterocycles. The van der Waals surface area contributed by atoms with Crippen LogP contribution in [0.1, 0.15) is 12.5 Å². The van der Waals surface area contributed by atoms with Gasteiger partial charge in [0.1, 0.15) is 5.52 Å². The average Bonchev–Trinajstić information content (AvgIpc) is 2.99. The average molecular weight is 313 g/mol. The molecular weight excluding hydrogens is 302 g/mol. The summed E-state index contributed by atoms with van der Waals surface area (Å²) in [5.41, 5.74) is 3.37. The van der Waals surface area contributed by atoms with E-state index in [1.54, 1.807) is 31.3 Å². The molecule has 0 aliphatic carbocycles. The molecule has 2 N–H and O–H groups in total. The largest absolute Gasteiger partial charge is 0.337 e. The molecular formula is C14H11N5O2S. The number of nitrogens with one attached hydrogen (secondary N) is 2. The Bertz CT molecular complexity index is 1040. The van der Waals surface area contributed by atoms with Gasteiger partial charge in [0.05, 0.1) is 16.1 Å². The maximum absolute atomic E-state index is 11.8. The monoisotopic (exact) mass is 313 g/mol. The van der Waals surface area contributed by atoms with Crippen molar-refractivity contribution in [3.63, 3.8) is 0 Å². The number of hydrogen-bond donors (Lipinski definition) is 2. The first-order chi connectivity index (χ1) is 10.5. The number of sulfonamides is 1. The van der Waals surface area contributed by atoms with Crippen molar-refractivity contribution in [3.8, 4) is 0 Å². The van der Waals surface area contributed by atoms with Crippen LogP contribution >= 0.6 is 0 Å². The van der Waals surface area contributed by atoms with Crippen LogP contribution < -0.4 is 5.32 Å². The Morgan fingerprint density at radius 3 is 2.95 bits per heavy atom. The van der Waals surface area contributed by atoms with Crippen molar-refractivity contribution in [2.45, 2.75) is 11.8 Å². The van der Waals surface area contributed by atoms with Crippen LogP contribution in [0, 0.1) is 0 Å². The lowest BCUT2D eigenvalue weighted by atomic mass is 10.1. The normalized spacial score (nSPS) is 15.6. The predicted octanol–water partition coefficient (Wildman–Crippen LogP) is 2.21.